The van der Waals surface area contributed by atoms with Crippen molar-refractivity contribution in [3.8, 4) is 0 Å². The topological polar surface area (TPSA) is 63.2 Å². The Morgan fingerprint density at radius 2 is 1.84 bits per heavy atom. The van der Waals surface area contributed by atoms with E-state index in [0.29, 0.717) is 8.95 Å². The molecule has 0 saturated heterocycles. The summed E-state index contributed by atoms with van der Waals surface area (Å²) in [5, 5.41) is 0. The first-order valence-corrected chi connectivity index (χ1v) is 8.70. The number of carbonyl (C=O) groups is 1. The fourth-order valence-corrected chi connectivity index (χ4v) is 3.95. The number of nitrogens with one attached hydrogen (secondary N) is 1. The lowest BCUT2D eigenvalue weighted by molar-refractivity contribution is -0.120. The molecule has 1 aromatic rings. The normalized spacial score (nSPS) is 11.9. The lowest BCUT2D eigenvalue weighted by Gasteiger charge is -2.11. The van der Waals surface area contributed by atoms with Crippen LogP contribution in [0.15, 0.2) is 26.0 Å². The minimum Gasteiger partial charge on any atom is -0.298 e. The van der Waals surface area contributed by atoms with Crippen molar-refractivity contribution >= 4 is 47.7 Å². The molecule has 0 atom stereocenters. The van der Waals surface area contributed by atoms with Gasteiger partial charge in [0.05, 0.1) is 11.4 Å². The maximum atomic E-state index is 12.1. The lowest BCUT2D eigenvalue weighted by Crippen LogP contribution is -2.31. The summed E-state index contributed by atoms with van der Waals surface area (Å²) >= 11 is 6.52. The number of ketones is 1. The van der Waals surface area contributed by atoms with Gasteiger partial charge in [-0.2, -0.15) is 0 Å². The molecule has 106 valence electrons. The zero-order valence-corrected chi connectivity index (χ0v) is 14.8. The fraction of sp³-hybridized carbons (Fsp3) is 0.417. The second kappa shape index (κ2) is 6.47. The molecular formula is C12H15Br2NO3S. The first-order chi connectivity index (χ1) is 8.65. The minimum atomic E-state index is -3.71. The Labute approximate surface area is 130 Å². The number of sulfonamides is 1. The van der Waals surface area contributed by atoms with Crippen LogP contribution in [0.1, 0.15) is 19.4 Å². The zero-order valence-electron chi connectivity index (χ0n) is 10.8. The van der Waals surface area contributed by atoms with Crippen LogP contribution in [0.2, 0.25) is 0 Å². The van der Waals surface area contributed by atoms with Gasteiger partial charge in [-0.15, -0.1) is 0 Å². The maximum absolute atomic E-state index is 12.1. The summed E-state index contributed by atoms with van der Waals surface area (Å²) in [5.41, 5.74) is 0.920. The van der Waals surface area contributed by atoms with Crippen molar-refractivity contribution in [2.45, 2.75) is 25.7 Å². The molecule has 0 unspecified atom stereocenters. The second-order valence-electron chi connectivity index (χ2n) is 4.48. The number of hydrogen-bond acceptors (Lipinski definition) is 3. The van der Waals surface area contributed by atoms with Crippen LogP contribution in [0.4, 0.5) is 0 Å². The van der Waals surface area contributed by atoms with Gasteiger partial charge in [-0.25, -0.2) is 13.1 Å². The van der Waals surface area contributed by atoms with Crippen LogP contribution in [0, 0.1) is 12.8 Å². The number of Topliss-reactive ketones (excluding diaryl/α,β-unsaturated/α-hetero) is 1. The fourth-order valence-electron chi connectivity index (χ4n) is 1.28. The van der Waals surface area contributed by atoms with Crippen molar-refractivity contribution in [1.29, 1.82) is 0 Å². The van der Waals surface area contributed by atoms with Crippen LogP contribution in [-0.4, -0.2) is 20.7 Å². The van der Waals surface area contributed by atoms with E-state index in [-0.39, 0.29) is 23.1 Å². The van der Waals surface area contributed by atoms with Gasteiger partial charge in [-0.1, -0.05) is 29.8 Å². The van der Waals surface area contributed by atoms with E-state index in [2.05, 4.69) is 36.6 Å². The van der Waals surface area contributed by atoms with E-state index in [1.807, 2.05) is 6.92 Å². The molecule has 0 aliphatic carbocycles. The SMILES string of the molecule is Cc1cc(Br)c(S(=O)(=O)NCC(=O)C(C)C)cc1Br. The van der Waals surface area contributed by atoms with Crippen molar-refractivity contribution in [3.63, 3.8) is 0 Å². The predicted octanol–water partition coefficient (Wildman–Crippen LogP) is 3.02. The molecule has 0 aliphatic rings. The number of halogens is 2. The minimum absolute atomic E-state index is 0.113. The van der Waals surface area contributed by atoms with Crippen molar-refractivity contribution in [3.05, 3.63) is 26.6 Å². The molecule has 0 aromatic heterocycles. The molecule has 7 heteroatoms. The van der Waals surface area contributed by atoms with Gasteiger partial charge in [0.15, 0.2) is 0 Å². The largest absolute Gasteiger partial charge is 0.298 e. The Hall–Kier alpha value is -0.240. The lowest BCUT2D eigenvalue weighted by atomic mass is 10.1. The first-order valence-electron chi connectivity index (χ1n) is 5.63. The molecule has 1 aromatic carbocycles. The number of aryl methyl sites for hydroxylation is 1. The third-order valence-corrected chi connectivity index (χ3v) is 5.80. The highest BCUT2D eigenvalue weighted by Gasteiger charge is 2.20. The van der Waals surface area contributed by atoms with E-state index in [0.717, 1.165) is 5.56 Å². The van der Waals surface area contributed by atoms with E-state index >= 15 is 0 Å². The summed E-state index contributed by atoms with van der Waals surface area (Å²) in [5.74, 6) is -0.346. The Morgan fingerprint density at radius 1 is 1.26 bits per heavy atom. The molecule has 0 heterocycles. The number of hydrogen-bond donors (Lipinski definition) is 1. The monoisotopic (exact) mass is 411 g/mol. The predicted molar refractivity (Wildman–Crippen MR) is 81.6 cm³/mol. The summed E-state index contributed by atoms with van der Waals surface area (Å²) < 4.78 is 27.7. The summed E-state index contributed by atoms with van der Waals surface area (Å²) in [6.07, 6.45) is 0. The molecule has 0 saturated carbocycles. The van der Waals surface area contributed by atoms with E-state index < -0.39 is 10.0 Å². The zero-order chi connectivity index (χ0) is 14.8. The number of rotatable bonds is 5. The molecule has 0 spiro atoms. The van der Waals surface area contributed by atoms with Gasteiger partial charge < -0.3 is 0 Å². The van der Waals surface area contributed by atoms with E-state index in [1.54, 1.807) is 19.9 Å². The van der Waals surface area contributed by atoms with Gasteiger partial charge in [0.25, 0.3) is 0 Å². The molecule has 0 fully saturated rings. The van der Waals surface area contributed by atoms with Crippen molar-refractivity contribution in [1.82, 2.24) is 4.72 Å². The summed E-state index contributed by atoms with van der Waals surface area (Å²) in [6, 6.07) is 3.23. The summed E-state index contributed by atoms with van der Waals surface area (Å²) in [4.78, 5) is 11.6. The molecular weight excluding hydrogens is 398 g/mol. The molecule has 19 heavy (non-hydrogen) atoms. The molecule has 1 rings (SSSR count). The maximum Gasteiger partial charge on any atom is 0.242 e. The number of benzene rings is 1. The van der Waals surface area contributed by atoms with Gasteiger partial charge in [0, 0.05) is 14.9 Å². The standard InChI is InChI=1S/C12H15Br2NO3S/c1-7(2)11(16)6-15-19(17,18)12-5-9(13)8(3)4-10(12)14/h4-5,7,15H,6H2,1-3H3. The third-order valence-electron chi connectivity index (χ3n) is 2.58. The highest BCUT2D eigenvalue weighted by atomic mass is 79.9. The van der Waals surface area contributed by atoms with Crippen LogP contribution in [0.5, 0.6) is 0 Å². The van der Waals surface area contributed by atoms with Crippen molar-refractivity contribution in [2.24, 2.45) is 5.92 Å². The van der Waals surface area contributed by atoms with Crippen LogP contribution < -0.4 is 4.72 Å². The molecule has 0 aliphatic heterocycles. The Kier molecular flexibility index (Phi) is 5.73. The Bertz CT molecular complexity index is 597. The van der Waals surface area contributed by atoms with Gasteiger partial charge in [0.2, 0.25) is 10.0 Å². The number of carbonyl (C=O) groups excluding carboxylic acids is 1. The summed E-state index contributed by atoms with van der Waals surface area (Å²) in [6.45, 7) is 5.13. The van der Waals surface area contributed by atoms with E-state index in [1.165, 1.54) is 6.07 Å². The Balaban J connectivity index is 3.01. The highest BCUT2D eigenvalue weighted by Crippen LogP contribution is 2.28. The second-order valence-corrected chi connectivity index (χ2v) is 7.92. The van der Waals surface area contributed by atoms with Crippen LogP contribution in [0.25, 0.3) is 0 Å². The van der Waals surface area contributed by atoms with Gasteiger partial charge in [0.1, 0.15) is 5.78 Å². The van der Waals surface area contributed by atoms with E-state index in [4.69, 9.17) is 0 Å². The highest BCUT2D eigenvalue weighted by molar-refractivity contribution is 9.11. The van der Waals surface area contributed by atoms with Crippen LogP contribution in [0.3, 0.4) is 0 Å². The van der Waals surface area contributed by atoms with E-state index in [9.17, 15) is 13.2 Å². The van der Waals surface area contributed by atoms with Crippen molar-refractivity contribution < 1.29 is 13.2 Å². The molecule has 4 nitrogen and oxygen atoms in total. The molecule has 1 N–H and O–H groups in total. The van der Waals surface area contributed by atoms with Crippen LogP contribution in [-0.2, 0) is 14.8 Å². The van der Waals surface area contributed by atoms with Crippen LogP contribution >= 0.6 is 31.9 Å². The molecule has 0 amide bonds. The van der Waals surface area contributed by atoms with Gasteiger partial charge in [-0.3, -0.25) is 4.79 Å². The third kappa shape index (κ3) is 4.37. The van der Waals surface area contributed by atoms with Crippen molar-refractivity contribution in [2.75, 3.05) is 6.54 Å². The Morgan fingerprint density at radius 3 is 2.37 bits per heavy atom. The quantitative estimate of drug-likeness (QED) is 0.808. The summed E-state index contributed by atoms with van der Waals surface area (Å²) in [7, 11) is -3.71. The first kappa shape index (κ1) is 16.8. The average Bonchev–Trinajstić information content (AvgIpc) is 2.30. The molecule has 0 bridgehead atoms. The molecule has 0 radical (unpaired) electrons. The smallest absolute Gasteiger partial charge is 0.242 e. The van der Waals surface area contributed by atoms with Gasteiger partial charge in [-0.05, 0) is 40.5 Å². The van der Waals surface area contributed by atoms with Gasteiger partial charge >= 0.3 is 0 Å². The average molecular weight is 413 g/mol.